The van der Waals surface area contributed by atoms with Crippen molar-refractivity contribution in [1.29, 1.82) is 0 Å². The van der Waals surface area contributed by atoms with Gasteiger partial charge in [-0.25, -0.2) is 0 Å². The average molecular weight is 397 g/mol. The molecule has 2 N–H and O–H groups in total. The third-order valence-electron chi connectivity index (χ3n) is 3.60. The molecule has 2 aromatic rings. The van der Waals surface area contributed by atoms with Crippen LogP contribution in [0.1, 0.15) is 49.0 Å². The molecule has 0 radical (unpaired) electrons. The van der Waals surface area contributed by atoms with E-state index in [1.54, 1.807) is 6.26 Å². The van der Waals surface area contributed by atoms with Gasteiger partial charge in [-0.05, 0) is 29.4 Å². The minimum Gasteiger partial charge on any atom is -0.457 e. The van der Waals surface area contributed by atoms with Crippen LogP contribution >= 0.6 is 22.6 Å². The van der Waals surface area contributed by atoms with E-state index in [1.165, 1.54) is 5.56 Å². The van der Waals surface area contributed by atoms with Crippen molar-refractivity contribution in [2.75, 3.05) is 0 Å². The number of primary amides is 1. The molecule has 0 bridgehead atoms. The molecule has 2 rings (SSSR count). The van der Waals surface area contributed by atoms with Gasteiger partial charge in [0.15, 0.2) is 3.77 Å². The monoisotopic (exact) mass is 397 g/mol. The number of carbonyl (C=O) groups excluding carboxylic acids is 1. The Labute approximate surface area is 139 Å². The van der Waals surface area contributed by atoms with Crippen molar-refractivity contribution in [1.82, 2.24) is 0 Å². The molecule has 1 unspecified atom stereocenters. The summed E-state index contributed by atoms with van der Waals surface area (Å²) >= 11 is 2.00. The SMILES string of the molecule is CC(C)CC(C)c1ccccc1-c1coc(I)c1C(N)=O. The van der Waals surface area contributed by atoms with Crippen LogP contribution in [0.3, 0.4) is 0 Å². The van der Waals surface area contributed by atoms with E-state index in [0.717, 1.165) is 17.5 Å². The maximum Gasteiger partial charge on any atom is 0.253 e. The molecule has 21 heavy (non-hydrogen) atoms. The molecule has 1 aromatic carbocycles. The summed E-state index contributed by atoms with van der Waals surface area (Å²) < 4.78 is 5.96. The van der Waals surface area contributed by atoms with E-state index in [-0.39, 0.29) is 0 Å². The Hall–Kier alpha value is -1.30. The maximum atomic E-state index is 11.7. The summed E-state index contributed by atoms with van der Waals surface area (Å²) in [5.41, 5.74) is 9.02. The fourth-order valence-electron chi connectivity index (χ4n) is 2.77. The Balaban J connectivity index is 2.53. The lowest BCUT2D eigenvalue weighted by molar-refractivity contribution is 0.0999. The lowest BCUT2D eigenvalue weighted by Gasteiger charge is -2.18. The predicted molar refractivity (Wildman–Crippen MR) is 93.2 cm³/mol. The standard InChI is InChI=1S/C17H20INO2/c1-10(2)8-11(3)12-6-4-5-7-13(12)14-9-21-16(18)15(14)17(19)20/h4-7,9-11H,8H2,1-3H3,(H2,19,20). The van der Waals surface area contributed by atoms with Crippen molar-refractivity contribution in [2.24, 2.45) is 11.7 Å². The molecule has 4 heteroatoms. The zero-order valence-corrected chi connectivity index (χ0v) is 14.7. The summed E-state index contributed by atoms with van der Waals surface area (Å²) in [5, 5.41) is 0. The first-order chi connectivity index (χ1) is 9.91. The fraction of sp³-hybridized carbons (Fsp3) is 0.353. The van der Waals surface area contributed by atoms with E-state index < -0.39 is 5.91 Å². The quantitative estimate of drug-likeness (QED) is 0.737. The van der Waals surface area contributed by atoms with Gasteiger partial charge in [-0.3, -0.25) is 4.79 Å². The first-order valence-corrected chi connectivity index (χ1v) is 8.15. The smallest absolute Gasteiger partial charge is 0.253 e. The van der Waals surface area contributed by atoms with E-state index in [1.807, 2.05) is 40.8 Å². The van der Waals surface area contributed by atoms with Crippen molar-refractivity contribution < 1.29 is 9.21 Å². The van der Waals surface area contributed by atoms with Gasteiger partial charge in [-0.1, -0.05) is 45.0 Å². The maximum absolute atomic E-state index is 11.7. The molecule has 0 saturated heterocycles. The molecule has 0 aliphatic rings. The van der Waals surface area contributed by atoms with Gasteiger partial charge >= 0.3 is 0 Å². The van der Waals surface area contributed by atoms with Crippen LogP contribution in [0.2, 0.25) is 0 Å². The van der Waals surface area contributed by atoms with Gasteiger partial charge in [-0.2, -0.15) is 0 Å². The number of hydrogen-bond acceptors (Lipinski definition) is 2. The summed E-state index contributed by atoms with van der Waals surface area (Å²) in [6.07, 6.45) is 2.72. The molecular weight excluding hydrogens is 377 g/mol. The molecule has 3 nitrogen and oxygen atoms in total. The second-order valence-electron chi connectivity index (χ2n) is 5.78. The minimum absolute atomic E-state index is 0.412. The van der Waals surface area contributed by atoms with Gasteiger partial charge in [0, 0.05) is 28.2 Å². The number of amides is 1. The van der Waals surface area contributed by atoms with Gasteiger partial charge in [0.05, 0.1) is 5.56 Å². The van der Waals surface area contributed by atoms with E-state index in [0.29, 0.717) is 21.2 Å². The van der Waals surface area contributed by atoms with Gasteiger partial charge in [-0.15, -0.1) is 0 Å². The van der Waals surface area contributed by atoms with Crippen molar-refractivity contribution in [3.8, 4) is 11.1 Å². The van der Waals surface area contributed by atoms with Crippen LogP contribution in [-0.2, 0) is 0 Å². The van der Waals surface area contributed by atoms with Crippen molar-refractivity contribution in [3.05, 3.63) is 45.4 Å². The molecule has 0 aliphatic heterocycles. The first-order valence-electron chi connectivity index (χ1n) is 7.07. The number of rotatable bonds is 5. The number of halogens is 1. The molecular formula is C17H20INO2. The third kappa shape index (κ3) is 3.48. The number of nitrogens with two attached hydrogens (primary N) is 1. The topological polar surface area (TPSA) is 56.2 Å². The summed E-state index contributed by atoms with van der Waals surface area (Å²) in [4.78, 5) is 11.7. The fourth-order valence-corrected chi connectivity index (χ4v) is 3.45. The molecule has 1 heterocycles. The molecule has 1 aromatic heterocycles. The van der Waals surface area contributed by atoms with Crippen LogP contribution in [0.4, 0.5) is 0 Å². The molecule has 0 saturated carbocycles. The largest absolute Gasteiger partial charge is 0.457 e. The van der Waals surface area contributed by atoms with Crippen LogP contribution in [0.5, 0.6) is 0 Å². The zero-order valence-electron chi connectivity index (χ0n) is 12.5. The van der Waals surface area contributed by atoms with Gasteiger partial charge in [0.25, 0.3) is 5.91 Å². The van der Waals surface area contributed by atoms with Crippen LogP contribution in [0.15, 0.2) is 34.9 Å². The second-order valence-corrected chi connectivity index (χ2v) is 6.76. The van der Waals surface area contributed by atoms with E-state index in [4.69, 9.17) is 10.2 Å². The predicted octanol–water partition coefficient (Wildman–Crippen LogP) is 4.80. The van der Waals surface area contributed by atoms with Crippen molar-refractivity contribution in [2.45, 2.75) is 33.1 Å². The summed E-state index contributed by atoms with van der Waals surface area (Å²) in [6, 6.07) is 8.16. The van der Waals surface area contributed by atoms with Crippen LogP contribution in [0.25, 0.3) is 11.1 Å². The highest BCUT2D eigenvalue weighted by molar-refractivity contribution is 14.1. The van der Waals surface area contributed by atoms with Crippen LogP contribution < -0.4 is 5.73 Å². The molecule has 0 fully saturated rings. The molecule has 1 atom stereocenters. The molecule has 1 amide bonds. The highest BCUT2D eigenvalue weighted by atomic mass is 127. The summed E-state index contributed by atoms with van der Waals surface area (Å²) in [6.45, 7) is 6.65. The number of benzene rings is 1. The Bertz CT molecular complexity index is 646. The Morgan fingerprint density at radius 1 is 1.24 bits per heavy atom. The van der Waals surface area contributed by atoms with Gasteiger partial charge in [0.1, 0.15) is 6.26 Å². The van der Waals surface area contributed by atoms with E-state index in [2.05, 4.69) is 26.8 Å². The lowest BCUT2D eigenvalue weighted by Crippen LogP contribution is -2.13. The van der Waals surface area contributed by atoms with E-state index in [9.17, 15) is 4.79 Å². The Kier molecular flexibility index (Phi) is 5.08. The normalized spacial score (nSPS) is 12.6. The highest BCUT2D eigenvalue weighted by Crippen LogP contribution is 2.36. The van der Waals surface area contributed by atoms with Crippen LogP contribution in [-0.4, -0.2) is 5.91 Å². The van der Waals surface area contributed by atoms with E-state index >= 15 is 0 Å². The summed E-state index contributed by atoms with van der Waals surface area (Å²) in [5.74, 6) is 0.581. The summed E-state index contributed by atoms with van der Waals surface area (Å²) in [7, 11) is 0. The van der Waals surface area contributed by atoms with Crippen molar-refractivity contribution >= 4 is 28.5 Å². The van der Waals surface area contributed by atoms with Crippen LogP contribution in [0, 0.1) is 9.68 Å². The minimum atomic E-state index is -0.450. The number of furan rings is 1. The Morgan fingerprint density at radius 2 is 1.90 bits per heavy atom. The Morgan fingerprint density at radius 3 is 2.52 bits per heavy atom. The first kappa shape index (κ1) is 16.1. The lowest BCUT2D eigenvalue weighted by atomic mass is 9.86. The zero-order chi connectivity index (χ0) is 15.6. The molecule has 0 spiro atoms. The average Bonchev–Trinajstić information content (AvgIpc) is 2.79. The number of carbonyl (C=O) groups is 1. The van der Waals surface area contributed by atoms with Crippen molar-refractivity contribution in [3.63, 3.8) is 0 Å². The number of hydrogen-bond donors (Lipinski definition) is 1. The second kappa shape index (κ2) is 6.64. The van der Waals surface area contributed by atoms with Gasteiger partial charge in [0.2, 0.25) is 0 Å². The van der Waals surface area contributed by atoms with Gasteiger partial charge < -0.3 is 10.2 Å². The molecule has 0 aliphatic carbocycles. The molecule has 112 valence electrons. The third-order valence-corrected chi connectivity index (χ3v) is 4.39. The highest BCUT2D eigenvalue weighted by Gasteiger charge is 2.21.